The molecule has 0 fully saturated rings. The van der Waals surface area contributed by atoms with Crippen LogP contribution in [0.1, 0.15) is 13.8 Å². The quantitative estimate of drug-likeness (QED) is 0.575. The number of ether oxygens (including phenoxy) is 1. The van der Waals surface area contributed by atoms with E-state index in [0.717, 1.165) is 4.90 Å². The highest BCUT2D eigenvalue weighted by molar-refractivity contribution is 8.00. The smallest absolute Gasteiger partial charge is 0.319 e. The second-order valence-electron chi connectivity index (χ2n) is 5.49. The highest BCUT2D eigenvalue weighted by Gasteiger charge is 2.17. The van der Waals surface area contributed by atoms with E-state index in [1.54, 1.807) is 31.2 Å². The maximum atomic E-state index is 12.0. The molecule has 0 radical (unpaired) electrons. The summed E-state index contributed by atoms with van der Waals surface area (Å²) in [6.07, 6.45) is 0. The predicted octanol–water partition coefficient (Wildman–Crippen LogP) is 3.31. The second-order valence-corrected chi connectivity index (χ2v) is 6.90. The van der Waals surface area contributed by atoms with Gasteiger partial charge in [0, 0.05) is 23.2 Å². The lowest BCUT2D eigenvalue weighted by atomic mass is 10.2. The van der Waals surface area contributed by atoms with Gasteiger partial charge in [-0.2, -0.15) is 0 Å². The number of nitrogens with one attached hydrogen (secondary N) is 2. The Morgan fingerprint density at radius 2 is 1.54 bits per heavy atom. The number of hydrogen-bond donors (Lipinski definition) is 2. The number of carbonyl (C=O) groups is 3. The lowest BCUT2D eigenvalue weighted by molar-refractivity contribution is -0.146. The molecule has 0 saturated carbocycles. The van der Waals surface area contributed by atoms with Crippen LogP contribution in [-0.4, -0.2) is 29.6 Å². The Hall–Kier alpha value is -2.80. The molecule has 0 saturated heterocycles. The largest absolute Gasteiger partial charge is 0.455 e. The first kappa shape index (κ1) is 19.5. The molecule has 0 aliphatic carbocycles. The molecule has 7 heteroatoms. The van der Waals surface area contributed by atoms with E-state index in [4.69, 9.17) is 4.74 Å². The number of anilines is 2. The van der Waals surface area contributed by atoms with Crippen LogP contribution in [0.4, 0.5) is 11.4 Å². The molecule has 0 bridgehead atoms. The van der Waals surface area contributed by atoms with Crippen molar-refractivity contribution in [1.82, 2.24) is 0 Å². The molecule has 2 aromatic carbocycles. The van der Waals surface area contributed by atoms with Gasteiger partial charge in [0.05, 0.1) is 0 Å². The second kappa shape index (κ2) is 9.62. The summed E-state index contributed by atoms with van der Waals surface area (Å²) in [5, 5.41) is 4.85. The predicted molar refractivity (Wildman–Crippen MR) is 102 cm³/mol. The standard InChI is InChI=1S/C19H20N2O4S/c1-13(26-17-6-4-3-5-7-17)19(24)25-12-18(23)21-16-10-8-15(9-11-16)20-14(2)22/h3-11,13H,12H2,1-2H3,(H,20,22)(H,21,23)/t13-/m0/s1. The third-order valence-electron chi connectivity index (χ3n) is 3.22. The van der Waals surface area contributed by atoms with Crippen LogP contribution in [-0.2, 0) is 19.1 Å². The Balaban J connectivity index is 1.77. The molecular weight excluding hydrogens is 352 g/mol. The van der Waals surface area contributed by atoms with E-state index < -0.39 is 17.1 Å². The summed E-state index contributed by atoms with van der Waals surface area (Å²) in [5.41, 5.74) is 1.18. The van der Waals surface area contributed by atoms with Crippen LogP contribution in [0.2, 0.25) is 0 Å². The normalized spacial score (nSPS) is 11.3. The molecule has 0 aliphatic rings. The fourth-order valence-corrected chi connectivity index (χ4v) is 2.93. The van der Waals surface area contributed by atoms with E-state index >= 15 is 0 Å². The molecule has 26 heavy (non-hydrogen) atoms. The van der Waals surface area contributed by atoms with Crippen molar-refractivity contribution >= 4 is 40.9 Å². The summed E-state index contributed by atoms with van der Waals surface area (Å²) in [5.74, 6) is -1.05. The average molecular weight is 372 g/mol. The zero-order valence-corrected chi connectivity index (χ0v) is 15.3. The zero-order valence-electron chi connectivity index (χ0n) is 14.5. The number of benzene rings is 2. The van der Waals surface area contributed by atoms with Crippen molar-refractivity contribution < 1.29 is 19.1 Å². The number of hydrogen-bond acceptors (Lipinski definition) is 5. The number of esters is 1. The molecule has 2 rings (SSSR count). The van der Waals surface area contributed by atoms with Crippen molar-refractivity contribution in [2.75, 3.05) is 17.2 Å². The van der Waals surface area contributed by atoms with Crippen molar-refractivity contribution in [3.8, 4) is 0 Å². The summed E-state index contributed by atoms with van der Waals surface area (Å²) in [7, 11) is 0. The van der Waals surface area contributed by atoms with Gasteiger partial charge in [-0.1, -0.05) is 18.2 Å². The van der Waals surface area contributed by atoms with Gasteiger partial charge >= 0.3 is 5.97 Å². The Morgan fingerprint density at radius 1 is 0.962 bits per heavy atom. The van der Waals surface area contributed by atoms with Crippen LogP contribution >= 0.6 is 11.8 Å². The average Bonchev–Trinajstić information content (AvgIpc) is 2.61. The Morgan fingerprint density at radius 3 is 2.12 bits per heavy atom. The van der Waals surface area contributed by atoms with Crippen molar-refractivity contribution in [1.29, 1.82) is 0 Å². The number of rotatable bonds is 7. The maximum absolute atomic E-state index is 12.0. The van der Waals surface area contributed by atoms with E-state index in [9.17, 15) is 14.4 Å². The van der Waals surface area contributed by atoms with E-state index in [1.807, 2.05) is 30.3 Å². The van der Waals surface area contributed by atoms with Crippen molar-refractivity contribution in [2.45, 2.75) is 24.0 Å². The number of amides is 2. The molecule has 136 valence electrons. The zero-order chi connectivity index (χ0) is 18.9. The van der Waals surface area contributed by atoms with E-state index in [1.165, 1.54) is 18.7 Å². The molecule has 2 amide bonds. The lowest BCUT2D eigenvalue weighted by Gasteiger charge is -2.11. The van der Waals surface area contributed by atoms with Gasteiger partial charge in [-0.15, -0.1) is 11.8 Å². The van der Waals surface area contributed by atoms with Crippen LogP contribution in [0.15, 0.2) is 59.5 Å². The summed E-state index contributed by atoms with van der Waals surface area (Å²) in [6, 6.07) is 16.1. The molecule has 6 nitrogen and oxygen atoms in total. The number of carbonyl (C=O) groups excluding carboxylic acids is 3. The van der Waals surface area contributed by atoms with Crippen LogP contribution in [0.5, 0.6) is 0 Å². The summed E-state index contributed by atoms with van der Waals surface area (Å²) >= 11 is 1.37. The molecule has 0 spiro atoms. The van der Waals surface area contributed by atoms with E-state index in [0.29, 0.717) is 11.4 Å². The molecule has 1 atom stereocenters. The Labute approximate surface area is 156 Å². The highest BCUT2D eigenvalue weighted by atomic mass is 32.2. The van der Waals surface area contributed by atoms with Crippen molar-refractivity contribution in [2.24, 2.45) is 0 Å². The van der Waals surface area contributed by atoms with Gasteiger partial charge in [-0.25, -0.2) is 0 Å². The Bertz CT molecular complexity index is 763. The third kappa shape index (κ3) is 6.60. The molecule has 0 aromatic heterocycles. The summed E-state index contributed by atoms with van der Waals surface area (Å²) < 4.78 is 5.06. The van der Waals surface area contributed by atoms with Crippen LogP contribution in [0, 0.1) is 0 Å². The molecule has 2 aromatic rings. The van der Waals surface area contributed by atoms with Crippen molar-refractivity contribution in [3.05, 3.63) is 54.6 Å². The van der Waals surface area contributed by atoms with Gasteiger partial charge in [0.1, 0.15) is 5.25 Å². The fraction of sp³-hybridized carbons (Fsp3) is 0.211. The summed E-state index contributed by atoms with van der Waals surface area (Å²) in [4.78, 5) is 35.8. The minimum atomic E-state index is -0.449. The SMILES string of the molecule is CC(=O)Nc1ccc(NC(=O)COC(=O)[C@H](C)Sc2ccccc2)cc1. The highest BCUT2D eigenvalue weighted by Crippen LogP contribution is 2.23. The first-order valence-electron chi connectivity index (χ1n) is 8.00. The van der Waals surface area contributed by atoms with Crippen LogP contribution < -0.4 is 10.6 Å². The summed E-state index contributed by atoms with van der Waals surface area (Å²) in [6.45, 7) is 2.80. The molecule has 0 aliphatic heterocycles. The lowest BCUT2D eigenvalue weighted by Crippen LogP contribution is -2.24. The van der Waals surface area contributed by atoms with Gasteiger partial charge in [-0.3, -0.25) is 14.4 Å². The molecule has 0 heterocycles. The third-order valence-corrected chi connectivity index (χ3v) is 4.31. The van der Waals surface area contributed by atoms with Crippen LogP contribution in [0.3, 0.4) is 0 Å². The molecular formula is C19H20N2O4S. The fourth-order valence-electron chi connectivity index (χ4n) is 2.04. The number of thioether (sulfide) groups is 1. The monoisotopic (exact) mass is 372 g/mol. The van der Waals surface area contributed by atoms with Gasteiger partial charge in [0.15, 0.2) is 6.61 Å². The maximum Gasteiger partial charge on any atom is 0.319 e. The van der Waals surface area contributed by atoms with Crippen LogP contribution in [0.25, 0.3) is 0 Å². The Kier molecular flexibility index (Phi) is 7.23. The van der Waals surface area contributed by atoms with E-state index in [-0.39, 0.29) is 12.5 Å². The van der Waals surface area contributed by atoms with E-state index in [2.05, 4.69) is 10.6 Å². The minimum Gasteiger partial charge on any atom is -0.455 e. The van der Waals surface area contributed by atoms with Gasteiger partial charge < -0.3 is 15.4 Å². The molecule has 0 unspecified atom stereocenters. The van der Waals surface area contributed by atoms with Gasteiger partial charge in [0.25, 0.3) is 5.91 Å². The topological polar surface area (TPSA) is 84.5 Å². The van der Waals surface area contributed by atoms with Crippen molar-refractivity contribution in [3.63, 3.8) is 0 Å². The van der Waals surface area contributed by atoms with Gasteiger partial charge in [0.2, 0.25) is 5.91 Å². The minimum absolute atomic E-state index is 0.170. The molecule has 2 N–H and O–H groups in total. The van der Waals surface area contributed by atoms with Gasteiger partial charge in [-0.05, 0) is 43.3 Å². The first-order chi connectivity index (χ1) is 12.4. The first-order valence-corrected chi connectivity index (χ1v) is 8.88.